The second-order valence-electron chi connectivity index (χ2n) is 2.02. The maximum Gasteiger partial charge on any atom is 0.475 e. The van der Waals surface area contributed by atoms with Gasteiger partial charge in [-0.05, 0) is 0 Å². The Kier molecular flexibility index (Phi) is 3.95. The van der Waals surface area contributed by atoms with Crippen molar-refractivity contribution in [3.63, 3.8) is 0 Å². The van der Waals surface area contributed by atoms with E-state index in [1.807, 2.05) is 0 Å². The smallest absolute Gasteiger partial charge is 0.302 e. The Morgan fingerprint density at radius 2 is 1.55 bits per heavy atom. The van der Waals surface area contributed by atoms with Crippen molar-refractivity contribution in [2.75, 3.05) is 12.3 Å². The maximum absolute atomic E-state index is 11.3. The molecule has 0 unspecified atom stereocenters. The van der Waals surface area contributed by atoms with Crippen LogP contribution in [0.15, 0.2) is 0 Å². The molecule has 0 atom stereocenters. The molecule has 0 amide bonds. The lowest BCUT2D eigenvalue weighted by Crippen LogP contribution is -1.93. The van der Waals surface area contributed by atoms with Crippen molar-refractivity contribution in [1.82, 2.24) is 0 Å². The predicted molar refractivity (Wildman–Crippen MR) is 41.8 cm³/mol. The van der Waals surface area contributed by atoms with Crippen molar-refractivity contribution in [1.29, 1.82) is 0 Å². The first-order valence-corrected chi connectivity index (χ1v) is 6.70. The number of hydrogen-bond donors (Lipinski definition) is 2. The van der Waals surface area contributed by atoms with E-state index in [-0.39, 0.29) is 12.3 Å². The molecule has 0 saturated carbocycles. The Labute approximate surface area is 65.5 Å². The van der Waals surface area contributed by atoms with Crippen molar-refractivity contribution in [2.24, 2.45) is 0 Å². The molecule has 0 bridgehead atoms. The van der Waals surface area contributed by atoms with Gasteiger partial charge >= 0.3 is 7.82 Å². The second kappa shape index (κ2) is 3.83. The summed E-state index contributed by atoms with van der Waals surface area (Å²) < 4.78 is 25.7. The van der Waals surface area contributed by atoms with Gasteiger partial charge in [-0.1, -0.05) is 13.8 Å². The van der Waals surface area contributed by atoms with E-state index >= 15 is 0 Å². The van der Waals surface area contributed by atoms with E-state index in [1.54, 1.807) is 13.8 Å². The minimum Gasteiger partial charge on any atom is -0.302 e. The number of rotatable bonds is 4. The van der Waals surface area contributed by atoms with Crippen molar-refractivity contribution in [3.8, 4) is 0 Å². The van der Waals surface area contributed by atoms with Crippen LogP contribution < -0.4 is 0 Å². The summed E-state index contributed by atoms with van der Waals surface area (Å²) in [6.45, 7) is 3.14. The van der Waals surface area contributed by atoms with Crippen molar-refractivity contribution in [3.05, 3.63) is 0 Å². The summed E-state index contributed by atoms with van der Waals surface area (Å²) in [5.74, 6) is 0. The van der Waals surface area contributed by atoms with Gasteiger partial charge in [-0.25, -0.2) is 8.88 Å². The molecule has 0 radical (unpaired) electrons. The van der Waals surface area contributed by atoms with E-state index in [9.17, 15) is 9.13 Å². The summed E-state index contributed by atoms with van der Waals surface area (Å²) >= 11 is 0. The standard InChI is InChI=1S/C4H12O5P2/c1-3-10(5,4-2)9-11(6,7)8/h3-4H2,1-2H3,(H2,6,7,8). The van der Waals surface area contributed by atoms with Crippen LogP contribution in [-0.2, 0) is 13.4 Å². The lowest BCUT2D eigenvalue weighted by atomic mass is 11.0. The van der Waals surface area contributed by atoms with Gasteiger partial charge in [0.2, 0.25) is 7.37 Å². The second-order valence-corrected chi connectivity index (χ2v) is 6.55. The Morgan fingerprint density at radius 3 is 1.64 bits per heavy atom. The van der Waals surface area contributed by atoms with Crippen LogP contribution in [0, 0.1) is 0 Å². The first kappa shape index (κ1) is 11.3. The van der Waals surface area contributed by atoms with Crippen LogP contribution >= 0.6 is 15.2 Å². The van der Waals surface area contributed by atoms with Gasteiger partial charge in [-0.3, -0.25) is 4.57 Å². The fourth-order valence-corrected chi connectivity index (χ4v) is 3.45. The summed E-state index contributed by atoms with van der Waals surface area (Å²) in [5, 5.41) is 0. The van der Waals surface area contributed by atoms with Crippen LogP contribution in [0.25, 0.3) is 0 Å². The molecule has 0 aliphatic rings. The minimum atomic E-state index is -4.58. The van der Waals surface area contributed by atoms with Crippen LogP contribution in [0.4, 0.5) is 0 Å². The molecule has 0 aromatic rings. The Hall–Kier alpha value is 0.340. The highest BCUT2D eigenvalue weighted by Gasteiger charge is 2.28. The molecule has 0 aliphatic heterocycles. The van der Waals surface area contributed by atoms with E-state index in [0.29, 0.717) is 0 Å². The molecular formula is C4H12O5P2. The molecule has 0 aliphatic carbocycles. The van der Waals surface area contributed by atoms with E-state index in [0.717, 1.165) is 0 Å². The molecule has 0 aromatic carbocycles. The van der Waals surface area contributed by atoms with Crippen LogP contribution in [-0.4, -0.2) is 22.1 Å². The van der Waals surface area contributed by atoms with Crippen LogP contribution in [0.2, 0.25) is 0 Å². The third-order valence-corrected chi connectivity index (χ3v) is 5.19. The third kappa shape index (κ3) is 4.72. The zero-order chi connectivity index (χ0) is 9.12. The van der Waals surface area contributed by atoms with E-state index in [4.69, 9.17) is 9.79 Å². The van der Waals surface area contributed by atoms with Gasteiger partial charge in [0, 0.05) is 12.3 Å². The minimum absolute atomic E-state index is 0.147. The molecule has 2 N–H and O–H groups in total. The molecule has 68 valence electrons. The Morgan fingerprint density at radius 1 is 1.18 bits per heavy atom. The van der Waals surface area contributed by atoms with Crippen molar-refractivity contribution >= 4 is 15.2 Å². The van der Waals surface area contributed by atoms with Crippen molar-refractivity contribution in [2.45, 2.75) is 13.8 Å². The van der Waals surface area contributed by atoms with E-state index in [1.165, 1.54) is 0 Å². The van der Waals surface area contributed by atoms with Crippen LogP contribution in [0.1, 0.15) is 13.8 Å². The highest BCUT2D eigenvalue weighted by atomic mass is 31.3. The van der Waals surface area contributed by atoms with Gasteiger partial charge in [-0.15, -0.1) is 0 Å². The summed E-state index contributed by atoms with van der Waals surface area (Å²) in [4.78, 5) is 16.7. The number of phosphoric acid groups is 1. The van der Waals surface area contributed by atoms with Crippen molar-refractivity contribution < 1.29 is 23.2 Å². The third-order valence-electron chi connectivity index (χ3n) is 1.22. The first-order chi connectivity index (χ1) is 4.83. The van der Waals surface area contributed by atoms with Crippen LogP contribution in [0.5, 0.6) is 0 Å². The summed E-state index contributed by atoms with van der Waals surface area (Å²) in [6.07, 6.45) is 0.295. The highest BCUT2D eigenvalue weighted by molar-refractivity contribution is 7.67. The van der Waals surface area contributed by atoms with Gasteiger partial charge in [0.05, 0.1) is 0 Å². The molecule has 7 heteroatoms. The molecule has 5 nitrogen and oxygen atoms in total. The molecule has 0 heterocycles. The zero-order valence-corrected chi connectivity index (χ0v) is 8.22. The molecule has 0 aromatic heterocycles. The lowest BCUT2D eigenvalue weighted by molar-refractivity contribution is 0.284. The largest absolute Gasteiger partial charge is 0.475 e. The fraction of sp³-hybridized carbons (Fsp3) is 1.00. The predicted octanol–water partition coefficient (Wildman–Crippen LogP) is 1.41. The van der Waals surface area contributed by atoms with Gasteiger partial charge in [0.15, 0.2) is 0 Å². The summed E-state index contributed by atoms with van der Waals surface area (Å²) in [6, 6.07) is 0. The van der Waals surface area contributed by atoms with Crippen LogP contribution in [0.3, 0.4) is 0 Å². The highest BCUT2D eigenvalue weighted by Crippen LogP contribution is 2.58. The SMILES string of the molecule is CCP(=O)(CC)OP(=O)(O)O. The van der Waals surface area contributed by atoms with Gasteiger partial charge < -0.3 is 9.79 Å². The molecule has 0 spiro atoms. The molecule has 0 fully saturated rings. The quantitative estimate of drug-likeness (QED) is 0.673. The normalized spacial score (nSPS) is 13.5. The molecular weight excluding hydrogens is 190 g/mol. The Balaban J connectivity index is 4.34. The Bertz CT molecular complexity index is 199. The lowest BCUT2D eigenvalue weighted by Gasteiger charge is -2.14. The fourth-order valence-electron chi connectivity index (χ4n) is 0.533. The average molecular weight is 202 g/mol. The topological polar surface area (TPSA) is 83.8 Å². The maximum atomic E-state index is 11.3. The zero-order valence-electron chi connectivity index (χ0n) is 6.43. The number of hydrogen-bond acceptors (Lipinski definition) is 3. The molecule has 0 saturated heterocycles. The first-order valence-electron chi connectivity index (χ1n) is 3.18. The van der Waals surface area contributed by atoms with Gasteiger partial charge in [0.25, 0.3) is 0 Å². The average Bonchev–Trinajstić information content (AvgIpc) is 1.84. The van der Waals surface area contributed by atoms with Gasteiger partial charge in [0.1, 0.15) is 0 Å². The van der Waals surface area contributed by atoms with E-state index in [2.05, 4.69) is 4.31 Å². The molecule has 0 rings (SSSR count). The summed E-state index contributed by atoms with van der Waals surface area (Å²) in [5.41, 5.74) is 0. The van der Waals surface area contributed by atoms with E-state index < -0.39 is 15.2 Å². The van der Waals surface area contributed by atoms with Gasteiger partial charge in [-0.2, -0.15) is 0 Å². The monoisotopic (exact) mass is 202 g/mol. The summed E-state index contributed by atoms with van der Waals surface area (Å²) in [7, 11) is -7.65. The molecule has 11 heavy (non-hydrogen) atoms.